The van der Waals surface area contributed by atoms with Crippen LogP contribution in [-0.4, -0.2) is 0 Å². The molecule has 0 amide bonds. The Morgan fingerprint density at radius 1 is 1.24 bits per heavy atom. The van der Waals surface area contributed by atoms with Crippen molar-refractivity contribution in [3.05, 3.63) is 41.8 Å². The van der Waals surface area contributed by atoms with Gasteiger partial charge in [-0.2, -0.15) is 13.2 Å². The maximum atomic E-state index is 12.7. The maximum Gasteiger partial charge on any atom is 0.416 e. The van der Waals surface area contributed by atoms with Crippen LogP contribution in [0.3, 0.4) is 0 Å². The SMILES string of the molecule is [CH2]C(C)c1cc(CCCC)cc(C(F)(F)F)c1. The molecule has 1 unspecified atom stereocenters. The van der Waals surface area contributed by atoms with Gasteiger partial charge in [-0.3, -0.25) is 0 Å². The van der Waals surface area contributed by atoms with Gasteiger partial charge in [-0.05, 0) is 48.9 Å². The Labute approximate surface area is 101 Å². The molecule has 1 radical (unpaired) electrons. The summed E-state index contributed by atoms with van der Waals surface area (Å²) in [5.74, 6) is -0.127. The van der Waals surface area contributed by atoms with E-state index in [1.54, 1.807) is 6.92 Å². The van der Waals surface area contributed by atoms with Gasteiger partial charge in [-0.1, -0.05) is 26.3 Å². The molecule has 0 nitrogen and oxygen atoms in total. The zero-order valence-electron chi connectivity index (χ0n) is 10.3. The Balaban J connectivity index is 3.10. The van der Waals surface area contributed by atoms with Gasteiger partial charge in [0.1, 0.15) is 0 Å². The van der Waals surface area contributed by atoms with E-state index in [4.69, 9.17) is 0 Å². The van der Waals surface area contributed by atoms with Gasteiger partial charge in [0.25, 0.3) is 0 Å². The van der Waals surface area contributed by atoms with Crippen molar-refractivity contribution in [2.24, 2.45) is 0 Å². The first-order valence-corrected chi connectivity index (χ1v) is 5.88. The van der Waals surface area contributed by atoms with Gasteiger partial charge in [0.05, 0.1) is 5.56 Å². The average Bonchev–Trinajstić information content (AvgIpc) is 2.24. The van der Waals surface area contributed by atoms with Gasteiger partial charge >= 0.3 is 6.18 Å². The number of unbranched alkanes of at least 4 members (excludes halogenated alkanes) is 1. The zero-order valence-corrected chi connectivity index (χ0v) is 10.3. The van der Waals surface area contributed by atoms with E-state index >= 15 is 0 Å². The highest BCUT2D eigenvalue weighted by molar-refractivity contribution is 5.34. The van der Waals surface area contributed by atoms with Crippen LogP contribution in [0.25, 0.3) is 0 Å². The molecule has 0 saturated carbocycles. The number of hydrogen-bond donors (Lipinski definition) is 0. The van der Waals surface area contributed by atoms with Crippen LogP contribution in [0.5, 0.6) is 0 Å². The van der Waals surface area contributed by atoms with Gasteiger partial charge in [-0.25, -0.2) is 0 Å². The Kier molecular flexibility index (Phi) is 4.61. The fourth-order valence-corrected chi connectivity index (χ4v) is 1.69. The molecule has 0 aliphatic heterocycles. The van der Waals surface area contributed by atoms with Gasteiger partial charge < -0.3 is 0 Å². The van der Waals surface area contributed by atoms with Crippen molar-refractivity contribution in [3.8, 4) is 0 Å². The normalized spacial score (nSPS) is 12.2. The molecule has 0 bridgehead atoms. The molecule has 0 aromatic heterocycles. The molecule has 0 spiro atoms. The summed E-state index contributed by atoms with van der Waals surface area (Å²) in [6.07, 6.45) is -1.69. The highest BCUT2D eigenvalue weighted by Gasteiger charge is 2.31. The fourth-order valence-electron chi connectivity index (χ4n) is 1.69. The van der Waals surface area contributed by atoms with E-state index in [-0.39, 0.29) is 5.92 Å². The summed E-state index contributed by atoms with van der Waals surface area (Å²) in [5, 5.41) is 0. The smallest absolute Gasteiger partial charge is 0.166 e. The molecule has 1 aromatic rings. The van der Waals surface area contributed by atoms with Crippen LogP contribution in [0, 0.1) is 6.92 Å². The Hall–Kier alpha value is -0.990. The number of benzene rings is 1. The fraction of sp³-hybridized carbons (Fsp3) is 0.500. The number of halogens is 3. The minimum absolute atomic E-state index is 0.127. The predicted molar refractivity (Wildman–Crippen MR) is 63.8 cm³/mol. The van der Waals surface area contributed by atoms with Crippen molar-refractivity contribution in [3.63, 3.8) is 0 Å². The van der Waals surface area contributed by atoms with Crippen molar-refractivity contribution < 1.29 is 13.2 Å². The van der Waals surface area contributed by atoms with Crippen molar-refractivity contribution in [1.29, 1.82) is 0 Å². The molecule has 1 aromatic carbocycles. The van der Waals surface area contributed by atoms with E-state index in [0.717, 1.165) is 18.4 Å². The maximum absolute atomic E-state index is 12.7. The molecule has 1 rings (SSSR count). The monoisotopic (exact) mass is 243 g/mol. The summed E-state index contributed by atoms with van der Waals surface area (Å²) in [7, 11) is 0. The molecule has 3 heteroatoms. The van der Waals surface area contributed by atoms with Crippen LogP contribution in [0.15, 0.2) is 18.2 Å². The molecule has 0 N–H and O–H groups in total. The first-order valence-electron chi connectivity index (χ1n) is 5.88. The lowest BCUT2D eigenvalue weighted by molar-refractivity contribution is -0.137. The van der Waals surface area contributed by atoms with E-state index in [2.05, 4.69) is 6.92 Å². The van der Waals surface area contributed by atoms with Crippen LogP contribution in [0.2, 0.25) is 0 Å². The summed E-state index contributed by atoms with van der Waals surface area (Å²) in [4.78, 5) is 0. The van der Waals surface area contributed by atoms with Crippen LogP contribution in [-0.2, 0) is 12.6 Å². The lowest BCUT2D eigenvalue weighted by Gasteiger charge is -2.14. The summed E-state index contributed by atoms with van der Waals surface area (Å²) in [5.41, 5.74) is 0.856. The number of hydrogen-bond acceptors (Lipinski definition) is 0. The van der Waals surface area contributed by atoms with E-state index in [1.807, 2.05) is 13.0 Å². The van der Waals surface area contributed by atoms with Crippen molar-refractivity contribution in [2.45, 2.75) is 45.2 Å². The topological polar surface area (TPSA) is 0 Å². The van der Waals surface area contributed by atoms with Gasteiger partial charge in [-0.15, -0.1) is 0 Å². The Morgan fingerprint density at radius 3 is 2.35 bits per heavy atom. The molecule has 1 atom stereocenters. The first kappa shape index (κ1) is 14.1. The summed E-state index contributed by atoms with van der Waals surface area (Å²) in [6, 6.07) is 4.29. The molecule has 17 heavy (non-hydrogen) atoms. The van der Waals surface area contributed by atoms with Crippen LogP contribution in [0.1, 0.15) is 49.3 Å². The number of alkyl halides is 3. The zero-order chi connectivity index (χ0) is 13.1. The molecule has 0 aliphatic rings. The molecular weight excluding hydrogens is 225 g/mol. The van der Waals surface area contributed by atoms with E-state index in [1.165, 1.54) is 12.1 Å². The Morgan fingerprint density at radius 2 is 1.88 bits per heavy atom. The summed E-state index contributed by atoms with van der Waals surface area (Å²) >= 11 is 0. The lowest BCUT2D eigenvalue weighted by atomic mass is 9.95. The molecule has 0 fully saturated rings. The largest absolute Gasteiger partial charge is 0.416 e. The van der Waals surface area contributed by atoms with E-state index in [0.29, 0.717) is 12.0 Å². The summed E-state index contributed by atoms with van der Waals surface area (Å²) < 4.78 is 38.1. The second kappa shape index (κ2) is 5.56. The lowest BCUT2D eigenvalue weighted by Crippen LogP contribution is -2.07. The molecule has 0 saturated heterocycles. The van der Waals surface area contributed by atoms with Gasteiger partial charge in [0.15, 0.2) is 0 Å². The van der Waals surface area contributed by atoms with E-state index < -0.39 is 11.7 Å². The van der Waals surface area contributed by atoms with Crippen molar-refractivity contribution in [2.75, 3.05) is 0 Å². The Bertz CT molecular complexity index is 364. The molecular formula is C14H18F3. The van der Waals surface area contributed by atoms with Crippen LogP contribution in [0.4, 0.5) is 13.2 Å². The van der Waals surface area contributed by atoms with Crippen molar-refractivity contribution in [1.82, 2.24) is 0 Å². The third-order valence-electron chi connectivity index (χ3n) is 2.73. The van der Waals surface area contributed by atoms with Gasteiger partial charge in [0, 0.05) is 0 Å². The predicted octanol–water partition coefficient (Wildman–Crippen LogP) is 4.99. The third kappa shape index (κ3) is 4.06. The minimum Gasteiger partial charge on any atom is -0.166 e. The highest BCUT2D eigenvalue weighted by Crippen LogP contribution is 2.32. The standard InChI is InChI=1S/C14H18F3/c1-4-5-6-11-7-12(10(2)3)9-13(8-11)14(15,16)17/h7-10H,2,4-6H2,1,3H3. The second-order valence-electron chi connectivity index (χ2n) is 4.47. The second-order valence-corrected chi connectivity index (χ2v) is 4.47. The summed E-state index contributed by atoms with van der Waals surface area (Å²) in [6.45, 7) is 7.62. The van der Waals surface area contributed by atoms with Crippen molar-refractivity contribution >= 4 is 0 Å². The quantitative estimate of drug-likeness (QED) is 0.699. The third-order valence-corrected chi connectivity index (χ3v) is 2.73. The number of aryl methyl sites for hydroxylation is 1. The van der Waals surface area contributed by atoms with Crippen LogP contribution < -0.4 is 0 Å². The van der Waals surface area contributed by atoms with E-state index in [9.17, 15) is 13.2 Å². The highest BCUT2D eigenvalue weighted by atomic mass is 19.4. The molecule has 95 valence electrons. The minimum atomic E-state index is -4.27. The average molecular weight is 243 g/mol. The number of rotatable bonds is 4. The molecule has 0 heterocycles. The van der Waals surface area contributed by atoms with Crippen LogP contribution >= 0.6 is 0 Å². The molecule has 0 aliphatic carbocycles. The first-order chi connectivity index (χ1) is 7.84. The van der Waals surface area contributed by atoms with Gasteiger partial charge in [0.2, 0.25) is 0 Å².